The van der Waals surface area contributed by atoms with Crippen molar-refractivity contribution in [2.45, 2.75) is 19.9 Å². The molecule has 0 amide bonds. The molecule has 0 saturated heterocycles. The third-order valence-corrected chi connectivity index (χ3v) is 2.60. The fraction of sp³-hybridized carbons (Fsp3) is 0.500. The lowest BCUT2D eigenvalue weighted by atomic mass is 10.2. The van der Waals surface area contributed by atoms with Gasteiger partial charge in [-0.25, -0.2) is 4.98 Å². The maximum atomic E-state index is 8.68. The van der Waals surface area contributed by atoms with Crippen LogP contribution in [0.15, 0.2) is 23.5 Å². The maximum absolute atomic E-state index is 8.68. The van der Waals surface area contributed by atoms with E-state index in [4.69, 9.17) is 15.7 Å². The molecule has 100 valence electrons. The van der Waals surface area contributed by atoms with Crippen LogP contribution in [0.1, 0.15) is 19.4 Å². The number of hydrogen-bond acceptors (Lipinski definition) is 5. The first-order valence-electron chi connectivity index (χ1n) is 5.79. The van der Waals surface area contributed by atoms with Crippen molar-refractivity contribution in [3.05, 3.63) is 23.9 Å². The monoisotopic (exact) mass is 252 g/mol. The molecule has 3 N–H and O–H groups in total. The summed E-state index contributed by atoms with van der Waals surface area (Å²) in [5.41, 5.74) is 6.21. The summed E-state index contributed by atoms with van der Waals surface area (Å²) in [6, 6.07) is 3.79. The van der Waals surface area contributed by atoms with Gasteiger partial charge in [0.1, 0.15) is 5.82 Å². The molecule has 1 aromatic heterocycles. The van der Waals surface area contributed by atoms with E-state index in [-0.39, 0.29) is 11.9 Å². The van der Waals surface area contributed by atoms with Gasteiger partial charge in [-0.3, -0.25) is 0 Å². The van der Waals surface area contributed by atoms with Gasteiger partial charge in [0.2, 0.25) is 0 Å². The van der Waals surface area contributed by atoms with Crippen LogP contribution in [0, 0.1) is 0 Å². The molecule has 0 aromatic carbocycles. The molecule has 6 heteroatoms. The second-order valence-electron chi connectivity index (χ2n) is 4.17. The van der Waals surface area contributed by atoms with E-state index < -0.39 is 0 Å². The van der Waals surface area contributed by atoms with E-state index in [1.165, 1.54) is 0 Å². The van der Waals surface area contributed by atoms with Gasteiger partial charge >= 0.3 is 0 Å². The van der Waals surface area contributed by atoms with E-state index in [0.717, 1.165) is 12.4 Å². The summed E-state index contributed by atoms with van der Waals surface area (Å²) in [6.45, 7) is 5.51. The zero-order valence-corrected chi connectivity index (χ0v) is 11.0. The normalized spacial score (nSPS) is 11.9. The lowest BCUT2D eigenvalue weighted by Gasteiger charge is -2.27. The van der Waals surface area contributed by atoms with Crippen LogP contribution in [-0.4, -0.2) is 42.3 Å². The Bertz CT molecular complexity index is 407. The molecule has 0 bridgehead atoms. The Kier molecular flexibility index (Phi) is 5.38. The molecule has 1 heterocycles. The third-order valence-electron chi connectivity index (χ3n) is 2.60. The molecule has 0 atom stereocenters. The van der Waals surface area contributed by atoms with Gasteiger partial charge in [0, 0.05) is 31.5 Å². The summed E-state index contributed by atoms with van der Waals surface area (Å²) in [6.07, 6.45) is 1.64. The summed E-state index contributed by atoms with van der Waals surface area (Å²) < 4.78 is 5.08. The number of anilines is 1. The van der Waals surface area contributed by atoms with Crippen molar-refractivity contribution in [3.63, 3.8) is 0 Å². The topological polar surface area (TPSA) is 84.0 Å². The minimum absolute atomic E-state index is 0.0779. The van der Waals surface area contributed by atoms with Gasteiger partial charge in [0.15, 0.2) is 5.84 Å². The van der Waals surface area contributed by atoms with Gasteiger partial charge in [-0.1, -0.05) is 5.16 Å². The number of nitrogens with zero attached hydrogens (tertiary/aromatic N) is 3. The van der Waals surface area contributed by atoms with Gasteiger partial charge in [-0.05, 0) is 26.0 Å². The van der Waals surface area contributed by atoms with Crippen LogP contribution in [-0.2, 0) is 4.74 Å². The fourth-order valence-corrected chi connectivity index (χ4v) is 1.62. The highest BCUT2D eigenvalue weighted by Gasteiger charge is 2.12. The van der Waals surface area contributed by atoms with Gasteiger partial charge in [0.05, 0.1) is 6.61 Å². The molecule has 1 aromatic rings. The third kappa shape index (κ3) is 3.59. The number of hydrogen-bond donors (Lipinski definition) is 2. The van der Waals surface area contributed by atoms with Crippen molar-refractivity contribution in [1.29, 1.82) is 0 Å². The van der Waals surface area contributed by atoms with Crippen molar-refractivity contribution in [2.75, 3.05) is 25.2 Å². The molecular formula is C12H20N4O2. The Morgan fingerprint density at radius 2 is 2.33 bits per heavy atom. The van der Waals surface area contributed by atoms with E-state index in [1.54, 1.807) is 25.4 Å². The van der Waals surface area contributed by atoms with Crippen molar-refractivity contribution in [1.82, 2.24) is 4.98 Å². The van der Waals surface area contributed by atoms with E-state index in [0.29, 0.717) is 12.2 Å². The lowest BCUT2D eigenvalue weighted by Crippen LogP contribution is -2.34. The van der Waals surface area contributed by atoms with Gasteiger partial charge in [-0.15, -0.1) is 0 Å². The number of methoxy groups -OCH3 is 1. The number of ether oxygens (including phenoxy) is 1. The number of rotatable bonds is 6. The van der Waals surface area contributed by atoms with Crippen molar-refractivity contribution < 1.29 is 9.94 Å². The van der Waals surface area contributed by atoms with Crippen molar-refractivity contribution >= 4 is 11.7 Å². The summed E-state index contributed by atoms with van der Waals surface area (Å²) in [5.74, 6) is 0.861. The Hall–Kier alpha value is -1.82. The molecule has 0 aliphatic carbocycles. The van der Waals surface area contributed by atoms with Crippen molar-refractivity contribution in [3.8, 4) is 0 Å². The van der Waals surface area contributed by atoms with Gasteiger partial charge in [-0.2, -0.15) is 0 Å². The van der Waals surface area contributed by atoms with Crippen LogP contribution >= 0.6 is 0 Å². The predicted octanol–water partition coefficient (Wildman–Crippen LogP) is 1.04. The van der Waals surface area contributed by atoms with Crippen LogP contribution < -0.4 is 10.6 Å². The standard InChI is InChI=1S/C12H20N4O2/c1-9(2)16(6-7-18-3)11-8-10(4-5-14-11)12(13)15-17/h4-5,8-9,17H,6-7H2,1-3H3,(H2,13,15). The fourth-order valence-electron chi connectivity index (χ4n) is 1.62. The van der Waals surface area contributed by atoms with Crippen molar-refractivity contribution in [2.24, 2.45) is 10.9 Å². The van der Waals surface area contributed by atoms with Crippen LogP contribution in [0.5, 0.6) is 0 Å². The van der Waals surface area contributed by atoms with Gasteiger partial charge < -0.3 is 20.6 Å². The van der Waals surface area contributed by atoms with E-state index in [9.17, 15) is 0 Å². The number of pyridine rings is 1. The molecule has 0 aliphatic rings. The predicted molar refractivity (Wildman–Crippen MR) is 71.1 cm³/mol. The van der Waals surface area contributed by atoms with Crippen LogP contribution in [0.2, 0.25) is 0 Å². The Morgan fingerprint density at radius 1 is 1.61 bits per heavy atom. The lowest BCUT2D eigenvalue weighted by molar-refractivity contribution is 0.203. The number of amidine groups is 1. The summed E-state index contributed by atoms with van der Waals surface area (Å²) in [5, 5.41) is 11.7. The molecule has 0 saturated carbocycles. The van der Waals surface area contributed by atoms with Crippen LogP contribution in [0.25, 0.3) is 0 Å². The largest absolute Gasteiger partial charge is 0.409 e. The first-order valence-corrected chi connectivity index (χ1v) is 5.79. The molecule has 18 heavy (non-hydrogen) atoms. The molecule has 0 aliphatic heterocycles. The highest BCUT2D eigenvalue weighted by molar-refractivity contribution is 5.97. The SMILES string of the molecule is COCCN(c1cc(/C(N)=N/O)ccn1)C(C)C. The van der Waals surface area contributed by atoms with E-state index in [1.807, 2.05) is 0 Å². The first kappa shape index (κ1) is 14.2. The minimum atomic E-state index is 0.0779. The van der Waals surface area contributed by atoms with E-state index in [2.05, 4.69) is 28.9 Å². The second kappa shape index (κ2) is 6.80. The summed E-state index contributed by atoms with van der Waals surface area (Å²) in [4.78, 5) is 6.40. The molecule has 0 unspecified atom stereocenters. The molecule has 0 spiro atoms. The van der Waals surface area contributed by atoms with Crippen LogP contribution in [0.4, 0.5) is 5.82 Å². The maximum Gasteiger partial charge on any atom is 0.170 e. The zero-order chi connectivity index (χ0) is 13.5. The van der Waals surface area contributed by atoms with Crippen LogP contribution in [0.3, 0.4) is 0 Å². The molecule has 1 rings (SSSR count). The zero-order valence-electron chi connectivity index (χ0n) is 11.0. The number of nitrogens with two attached hydrogens (primary N) is 1. The molecule has 6 nitrogen and oxygen atoms in total. The Labute approximate surface area is 107 Å². The number of aromatic nitrogens is 1. The average molecular weight is 252 g/mol. The Balaban J connectivity index is 2.98. The quantitative estimate of drug-likeness (QED) is 0.342. The first-order chi connectivity index (χ1) is 8.60. The van der Waals surface area contributed by atoms with E-state index >= 15 is 0 Å². The molecular weight excluding hydrogens is 232 g/mol. The minimum Gasteiger partial charge on any atom is -0.409 e. The summed E-state index contributed by atoms with van der Waals surface area (Å²) in [7, 11) is 1.67. The highest BCUT2D eigenvalue weighted by Crippen LogP contribution is 2.15. The smallest absolute Gasteiger partial charge is 0.170 e. The molecule has 0 radical (unpaired) electrons. The average Bonchev–Trinajstić information content (AvgIpc) is 2.38. The summed E-state index contributed by atoms with van der Waals surface area (Å²) >= 11 is 0. The highest BCUT2D eigenvalue weighted by atomic mass is 16.5. The van der Waals surface area contributed by atoms with Gasteiger partial charge in [0.25, 0.3) is 0 Å². The molecule has 0 fully saturated rings. The number of oxime groups is 1. The second-order valence-corrected chi connectivity index (χ2v) is 4.17. The Morgan fingerprint density at radius 3 is 2.89 bits per heavy atom.